The van der Waals surface area contributed by atoms with E-state index in [0.29, 0.717) is 5.92 Å². The molecule has 2 aliphatic rings. The lowest BCUT2D eigenvalue weighted by Crippen LogP contribution is -2.53. The Morgan fingerprint density at radius 2 is 2.32 bits per heavy atom. The van der Waals surface area contributed by atoms with Crippen LogP contribution >= 0.6 is 0 Å². The quantitative estimate of drug-likeness (QED) is 0.815. The zero-order valence-corrected chi connectivity index (χ0v) is 11.9. The van der Waals surface area contributed by atoms with Crippen molar-refractivity contribution < 1.29 is 9.47 Å². The van der Waals surface area contributed by atoms with Crippen LogP contribution in [0.4, 0.5) is 0 Å². The van der Waals surface area contributed by atoms with Crippen molar-refractivity contribution in [1.29, 1.82) is 0 Å². The molecule has 19 heavy (non-hydrogen) atoms. The highest BCUT2D eigenvalue weighted by Gasteiger charge is 2.45. The van der Waals surface area contributed by atoms with Gasteiger partial charge < -0.3 is 14.4 Å². The molecule has 3 heteroatoms. The van der Waals surface area contributed by atoms with Gasteiger partial charge in [-0.25, -0.2) is 0 Å². The third kappa shape index (κ3) is 2.26. The first-order chi connectivity index (χ1) is 9.24. The minimum absolute atomic E-state index is 0.194. The number of likely N-dealkylation sites (tertiary alicyclic amines) is 1. The van der Waals surface area contributed by atoms with Gasteiger partial charge >= 0.3 is 0 Å². The van der Waals surface area contributed by atoms with Gasteiger partial charge in [-0.15, -0.1) is 0 Å². The normalized spacial score (nSPS) is 31.8. The Bertz CT molecular complexity index is 448. The molecule has 2 atom stereocenters. The van der Waals surface area contributed by atoms with Crippen LogP contribution in [0.15, 0.2) is 24.3 Å². The van der Waals surface area contributed by atoms with Crippen LogP contribution in [0.3, 0.4) is 0 Å². The fraction of sp³-hybridized carbons (Fsp3) is 0.625. The minimum atomic E-state index is 0.194. The standard InChI is InChI=1S/C16H23NO2/c1-17-8-7-16(12-19-9-6-14(16)11-17)13-4-3-5-15(10-13)18-2/h3-5,10,14H,6-9,11-12H2,1-2H3. The summed E-state index contributed by atoms with van der Waals surface area (Å²) in [6.45, 7) is 4.10. The molecule has 0 radical (unpaired) electrons. The molecule has 0 aliphatic carbocycles. The second kappa shape index (κ2) is 5.14. The number of hydrogen-bond acceptors (Lipinski definition) is 3. The summed E-state index contributed by atoms with van der Waals surface area (Å²) in [7, 11) is 3.96. The largest absolute Gasteiger partial charge is 0.497 e. The molecule has 1 aromatic rings. The fourth-order valence-electron chi connectivity index (χ4n) is 3.67. The molecule has 0 aromatic heterocycles. The van der Waals surface area contributed by atoms with Crippen molar-refractivity contribution in [2.75, 3.05) is 40.5 Å². The lowest BCUT2D eigenvalue weighted by molar-refractivity contribution is -0.0423. The summed E-state index contributed by atoms with van der Waals surface area (Å²) < 4.78 is 11.2. The zero-order valence-electron chi connectivity index (χ0n) is 11.9. The molecule has 0 spiro atoms. The van der Waals surface area contributed by atoms with E-state index < -0.39 is 0 Å². The van der Waals surface area contributed by atoms with Crippen molar-refractivity contribution in [3.05, 3.63) is 29.8 Å². The van der Waals surface area contributed by atoms with Gasteiger partial charge in [0.05, 0.1) is 13.7 Å². The molecule has 2 unspecified atom stereocenters. The average molecular weight is 261 g/mol. The van der Waals surface area contributed by atoms with Gasteiger partial charge in [0.15, 0.2) is 0 Å². The first-order valence-corrected chi connectivity index (χ1v) is 7.15. The van der Waals surface area contributed by atoms with E-state index in [-0.39, 0.29) is 5.41 Å². The molecule has 2 aliphatic heterocycles. The number of ether oxygens (including phenoxy) is 2. The van der Waals surface area contributed by atoms with E-state index in [1.54, 1.807) is 7.11 Å². The summed E-state index contributed by atoms with van der Waals surface area (Å²) in [5.74, 6) is 1.65. The van der Waals surface area contributed by atoms with Crippen molar-refractivity contribution in [3.8, 4) is 5.75 Å². The topological polar surface area (TPSA) is 21.7 Å². The van der Waals surface area contributed by atoms with Gasteiger partial charge in [-0.1, -0.05) is 12.1 Å². The summed E-state index contributed by atoms with van der Waals surface area (Å²) in [6, 6.07) is 8.57. The third-order valence-corrected chi connectivity index (χ3v) is 4.87. The molecule has 1 aromatic carbocycles. The maximum absolute atomic E-state index is 5.85. The molecule has 0 amide bonds. The summed E-state index contributed by atoms with van der Waals surface area (Å²) >= 11 is 0. The number of nitrogens with zero attached hydrogens (tertiary/aromatic N) is 1. The van der Waals surface area contributed by atoms with Gasteiger partial charge in [-0.3, -0.25) is 0 Å². The minimum Gasteiger partial charge on any atom is -0.497 e. The highest BCUT2D eigenvalue weighted by molar-refractivity contribution is 5.35. The van der Waals surface area contributed by atoms with Crippen LogP contribution in [0.5, 0.6) is 5.75 Å². The van der Waals surface area contributed by atoms with E-state index in [0.717, 1.165) is 25.5 Å². The summed E-state index contributed by atoms with van der Waals surface area (Å²) in [5.41, 5.74) is 1.59. The monoisotopic (exact) mass is 261 g/mol. The van der Waals surface area contributed by atoms with Crippen molar-refractivity contribution in [2.24, 2.45) is 5.92 Å². The predicted molar refractivity (Wildman–Crippen MR) is 75.7 cm³/mol. The molecule has 3 rings (SSSR count). The maximum Gasteiger partial charge on any atom is 0.119 e. The van der Waals surface area contributed by atoms with Crippen LogP contribution in [0.2, 0.25) is 0 Å². The Morgan fingerprint density at radius 3 is 3.16 bits per heavy atom. The van der Waals surface area contributed by atoms with Gasteiger partial charge in [0, 0.05) is 18.6 Å². The molecule has 3 nitrogen and oxygen atoms in total. The highest BCUT2D eigenvalue weighted by Crippen LogP contribution is 2.44. The summed E-state index contributed by atoms with van der Waals surface area (Å²) in [4.78, 5) is 2.45. The van der Waals surface area contributed by atoms with E-state index in [9.17, 15) is 0 Å². The van der Waals surface area contributed by atoms with Crippen molar-refractivity contribution >= 4 is 0 Å². The molecular weight excluding hydrogens is 238 g/mol. The summed E-state index contributed by atoms with van der Waals surface area (Å²) in [5, 5.41) is 0. The van der Waals surface area contributed by atoms with Crippen LogP contribution in [0.25, 0.3) is 0 Å². The van der Waals surface area contributed by atoms with Gasteiger partial charge in [0.25, 0.3) is 0 Å². The van der Waals surface area contributed by atoms with E-state index in [1.807, 2.05) is 6.07 Å². The van der Waals surface area contributed by atoms with Gasteiger partial charge in [-0.05, 0) is 50.0 Å². The molecular formula is C16H23NO2. The molecule has 2 fully saturated rings. The number of hydrogen-bond donors (Lipinski definition) is 0. The van der Waals surface area contributed by atoms with Crippen molar-refractivity contribution in [1.82, 2.24) is 4.90 Å². The van der Waals surface area contributed by atoms with Crippen LogP contribution in [0, 0.1) is 5.92 Å². The maximum atomic E-state index is 5.85. The molecule has 0 saturated carbocycles. The van der Waals surface area contributed by atoms with Crippen molar-refractivity contribution in [2.45, 2.75) is 18.3 Å². The second-order valence-corrected chi connectivity index (χ2v) is 5.94. The fourth-order valence-corrected chi connectivity index (χ4v) is 3.67. The van der Waals surface area contributed by atoms with Crippen LogP contribution in [-0.2, 0) is 10.2 Å². The number of benzene rings is 1. The lowest BCUT2D eigenvalue weighted by atomic mass is 9.64. The highest BCUT2D eigenvalue weighted by atomic mass is 16.5. The van der Waals surface area contributed by atoms with E-state index in [2.05, 4.69) is 30.1 Å². The SMILES string of the molecule is COc1cccc(C23CCN(C)CC2CCOC3)c1. The van der Waals surface area contributed by atoms with E-state index in [1.165, 1.54) is 24.9 Å². The Hall–Kier alpha value is -1.06. The molecule has 0 N–H and O–H groups in total. The first kappa shape index (κ1) is 12.9. The van der Waals surface area contributed by atoms with Crippen LogP contribution in [0.1, 0.15) is 18.4 Å². The Morgan fingerprint density at radius 1 is 1.42 bits per heavy atom. The smallest absolute Gasteiger partial charge is 0.119 e. The van der Waals surface area contributed by atoms with E-state index >= 15 is 0 Å². The van der Waals surface area contributed by atoms with Gasteiger partial charge in [-0.2, -0.15) is 0 Å². The van der Waals surface area contributed by atoms with Crippen molar-refractivity contribution in [3.63, 3.8) is 0 Å². The predicted octanol–water partition coefficient (Wildman–Crippen LogP) is 2.31. The Labute approximate surface area is 115 Å². The molecule has 2 heterocycles. The number of piperidine rings is 1. The number of fused-ring (bicyclic) bond motifs is 1. The van der Waals surface area contributed by atoms with Crippen LogP contribution in [-0.4, -0.2) is 45.4 Å². The Balaban J connectivity index is 1.97. The average Bonchev–Trinajstić information content (AvgIpc) is 2.47. The zero-order chi connectivity index (χ0) is 13.3. The lowest BCUT2D eigenvalue weighted by Gasteiger charge is -2.50. The molecule has 104 valence electrons. The van der Waals surface area contributed by atoms with E-state index in [4.69, 9.17) is 9.47 Å². The van der Waals surface area contributed by atoms with Gasteiger partial charge in [0.1, 0.15) is 5.75 Å². The summed E-state index contributed by atoms with van der Waals surface area (Å²) in [6.07, 6.45) is 2.35. The molecule has 0 bridgehead atoms. The number of rotatable bonds is 2. The first-order valence-electron chi connectivity index (χ1n) is 7.15. The molecule has 2 saturated heterocycles. The van der Waals surface area contributed by atoms with Gasteiger partial charge in [0.2, 0.25) is 0 Å². The Kier molecular flexibility index (Phi) is 3.50. The third-order valence-electron chi connectivity index (χ3n) is 4.87. The second-order valence-electron chi connectivity index (χ2n) is 5.94. The number of methoxy groups -OCH3 is 1. The van der Waals surface area contributed by atoms with Crippen LogP contribution < -0.4 is 4.74 Å².